The summed E-state index contributed by atoms with van der Waals surface area (Å²) in [4.78, 5) is 33.9. The lowest BCUT2D eigenvalue weighted by Crippen LogP contribution is -2.15. The summed E-state index contributed by atoms with van der Waals surface area (Å²) in [6.45, 7) is 0. The van der Waals surface area contributed by atoms with Crippen molar-refractivity contribution in [3.8, 4) is 0 Å². The number of nitro benzene ring substituents is 1. The van der Waals surface area contributed by atoms with E-state index in [1.54, 1.807) is 12.1 Å². The van der Waals surface area contributed by atoms with Crippen LogP contribution in [0.2, 0.25) is 0 Å². The maximum atomic E-state index is 12.0. The van der Waals surface area contributed by atoms with Gasteiger partial charge >= 0.3 is 0 Å². The zero-order chi connectivity index (χ0) is 16.7. The van der Waals surface area contributed by atoms with Gasteiger partial charge in [0.1, 0.15) is 0 Å². The van der Waals surface area contributed by atoms with Gasteiger partial charge in [0, 0.05) is 23.4 Å². The first kappa shape index (κ1) is 16.7. The number of rotatable bonds is 7. The van der Waals surface area contributed by atoms with Crippen molar-refractivity contribution in [2.24, 2.45) is 0 Å². The number of Topliss-reactive ketones (excluding diaryl/α,β-unsaturated/α-hetero) is 1. The minimum absolute atomic E-state index is 0.0867. The van der Waals surface area contributed by atoms with E-state index in [9.17, 15) is 19.7 Å². The number of nitrogens with one attached hydrogen (secondary N) is 1. The summed E-state index contributed by atoms with van der Waals surface area (Å²) in [6, 6.07) is 14.6. The van der Waals surface area contributed by atoms with Crippen LogP contribution in [0.5, 0.6) is 0 Å². The lowest BCUT2D eigenvalue weighted by Gasteiger charge is -2.04. The van der Waals surface area contributed by atoms with Crippen LogP contribution in [-0.4, -0.2) is 28.1 Å². The summed E-state index contributed by atoms with van der Waals surface area (Å²) < 4.78 is 0. The van der Waals surface area contributed by atoms with Gasteiger partial charge in [-0.3, -0.25) is 19.7 Å². The van der Waals surface area contributed by atoms with Gasteiger partial charge in [0.05, 0.1) is 16.4 Å². The van der Waals surface area contributed by atoms with Crippen molar-refractivity contribution in [1.82, 2.24) is 0 Å². The predicted octanol–water partition coefficient (Wildman–Crippen LogP) is 3.15. The van der Waals surface area contributed by atoms with Crippen LogP contribution in [0, 0.1) is 10.1 Å². The molecule has 0 saturated carbocycles. The number of carbonyl (C=O) groups is 2. The largest absolute Gasteiger partial charge is 0.325 e. The van der Waals surface area contributed by atoms with Gasteiger partial charge in [0.15, 0.2) is 5.78 Å². The summed E-state index contributed by atoms with van der Waals surface area (Å²) in [6.07, 6.45) is 0. The molecule has 7 heteroatoms. The minimum atomic E-state index is -0.544. The third-order valence-corrected chi connectivity index (χ3v) is 3.84. The number of carbonyl (C=O) groups excluding carboxylic acids is 2. The van der Waals surface area contributed by atoms with E-state index in [0.29, 0.717) is 5.69 Å². The molecule has 23 heavy (non-hydrogen) atoms. The third kappa shape index (κ3) is 5.23. The molecule has 0 unspecified atom stereocenters. The molecule has 0 bridgehead atoms. The summed E-state index contributed by atoms with van der Waals surface area (Å²) in [5.74, 6) is -0.224. The Balaban J connectivity index is 1.81. The van der Waals surface area contributed by atoms with Crippen molar-refractivity contribution < 1.29 is 14.5 Å². The Hall–Kier alpha value is -2.67. The van der Waals surface area contributed by atoms with Crippen LogP contribution in [0.1, 0.15) is 10.4 Å². The highest BCUT2D eigenvalue weighted by atomic mass is 32.2. The first-order valence-electron chi connectivity index (χ1n) is 6.76. The number of amides is 1. The summed E-state index contributed by atoms with van der Waals surface area (Å²) in [5.41, 5.74) is 0.848. The van der Waals surface area contributed by atoms with Gasteiger partial charge in [-0.1, -0.05) is 30.3 Å². The van der Waals surface area contributed by atoms with Crippen LogP contribution < -0.4 is 5.32 Å². The summed E-state index contributed by atoms with van der Waals surface area (Å²) in [7, 11) is 0. The number of hydrogen-bond donors (Lipinski definition) is 1. The number of nitro groups is 1. The van der Waals surface area contributed by atoms with Crippen molar-refractivity contribution in [2.75, 3.05) is 16.8 Å². The molecule has 0 fully saturated rings. The molecule has 1 N–H and O–H groups in total. The minimum Gasteiger partial charge on any atom is -0.325 e. The Labute approximate surface area is 137 Å². The molecule has 0 aliphatic rings. The fourth-order valence-electron chi connectivity index (χ4n) is 1.83. The number of hydrogen-bond acceptors (Lipinski definition) is 5. The molecule has 6 nitrogen and oxygen atoms in total. The molecule has 0 aliphatic heterocycles. The van der Waals surface area contributed by atoms with Crippen LogP contribution in [0.25, 0.3) is 0 Å². The van der Waals surface area contributed by atoms with Gasteiger partial charge in [0.25, 0.3) is 5.69 Å². The Kier molecular flexibility index (Phi) is 5.87. The Morgan fingerprint density at radius 2 is 1.78 bits per heavy atom. The van der Waals surface area contributed by atoms with Crippen LogP contribution in [0.3, 0.4) is 0 Å². The standard InChI is InChI=1S/C16H14N2O4S/c19-15(12-5-4-8-14(9-12)18(21)22)10-23-11-16(20)17-13-6-2-1-3-7-13/h1-9H,10-11H2,(H,17,20). The molecule has 0 spiro atoms. The zero-order valence-corrected chi connectivity index (χ0v) is 12.9. The second-order valence-corrected chi connectivity index (χ2v) is 5.62. The van der Waals surface area contributed by atoms with Crippen LogP contribution in [-0.2, 0) is 4.79 Å². The number of ketones is 1. The highest BCUT2D eigenvalue weighted by Crippen LogP contribution is 2.15. The molecule has 0 heterocycles. The number of benzene rings is 2. The SMILES string of the molecule is O=C(CSCC(=O)c1cccc([N+](=O)[O-])c1)Nc1ccccc1. The molecule has 0 atom stereocenters. The molecule has 2 aromatic carbocycles. The number of non-ortho nitro benzene ring substituents is 1. The van der Waals surface area contributed by atoms with Crippen molar-refractivity contribution >= 4 is 34.8 Å². The maximum Gasteiger partial charge on any atom is 0.270 e. The summed E-state index contributed by atoms with van der Waals surface area (Å²) in [5, 5.41) is 13.4. The van der Waals surface area contributed by atoms with Gasteiger partial charge < -0.3 is 5.32 Å². The molecule has 0 aliphatic carbocycles. The lowest BCUT2D eigenvalue weighted by molar-refractivity contribution is -0.384. The van der Waals surface area contributed by atoms with E-state index in [0.717, 1.165) is 0 Å². The zero-order valence-electron chi connectivity index (χ0n) is 12.1. The monoisotopic (exact) mass is 330 g/mol. The van der Waals surface area contributed by atoms with Crippen molar-refractivity contribution in [3.05, 3.63) is 70.3 Å². The van der Waals surface area contributed by atoms with Gasteiger partial charge in [-0.15, -0.1) is 11.8 Å². The van der Waals surface area contributed by atoms with Crippen molar-refractivity contribution in [2.45, 2.75) is 0 Å². The molecule has 2 rings (SSSR count). The smallest absolute Gasteiger partial charge is 0.270 e. The summed E-state index contributed by atoms with van der Waals surface area (Å²) >= 11 is 1.17. The molecule has 118 valence electrons. The molecule has 2 aromatic rings. The molecular formula is C16H14N2O4S. The molecule has 0 radical (unpaired) electrons. The highest BCUT2D eigenvalue weighted by molar-refractivity contribution is 8.00. The number of para-hydroxylation sites is 1. The van der Waals surface area contributed by atoms with E-state index in [2.05, 4.69) is 5.32 Å². The Morgan fingerprint density at radius 3 is 2.48 bits per heavy atom. The van der Waals surface area contributed by atoms with Gasteiger partial charge in [-0.05, 0) is 12.1 Å². The van der Waals surface area contributed by atoms with Crippen molar-refractivity contribution in [3.63, 3.8) is 0 Å². The quantitative estimate of drug-likeness (QED) is 0.478. The van der Waals surface area contributed by atoms with E-state index < -0.39 is 4.92 Å². The Morgan fingerprint density at radius 1 is 1.04 bits per heavy atom. The maximum absolute atomic E-state index is 12.0. The second kappa shape index (κ2) is 8.09. The van der Waals surface area contributed by atoms with E-state index in [1.165, 1.54) is 36.0 Å². The van der Waals surface area contributed by atoms with Gasteiger partial charge in [-0.2, -0.15) is 0 Å². The molecule has 0 saturated heterocycles. The van der Waals surface area contributed by atoms with E-state index in [4.69, 9.17) is 0 Å². The van der Waals surface area contributed by atoms with Crippen LogP contribution >= 0.6 is 11.8 Å². The second-order valence-electron chi connectivity index (χ2n) is 4.64. The predicted molar refractivity (Wildman–Crippen MR) is 89.8 cm³/mol. The number of anilines is 1. The Bertz CT molecular complexity index is 719. The third-order valence-electron chi connectivity index (χ3n) is 2.90. The molecular weight excluding hydrogens is 316 g/mol. The molecule has 1 amide bonds. The van der Waals surface area contributed by atoms with Crippen LogP contribution in [0.15, 0.2) is 54.6 Å². The van der Waals surface area contributed by atoms with Crippen LogP contribution in [0.4, 0.5) is 11.4 Å². The van der Waals surface area contributed by atoms with E-state index in [1.807, 2.05) is 18.2 Å². The highest BCUT2D eigenvalue weighted by Gasteiger charge is 2.12. The molecule has 0 aromatic heterocycles. The number of nitrogens with zero attached hydrogens (tertiary/aromatic N) is 1. The first-order valence-corrected chi connectivity index (χ1v) is 7.92. The fraction of sp³-hybridized carbons (Fsp3) is 0.125. The van der Waals surface area contributed by atoms with Gasteiger partial charge in [-0.25, -0.2) is 0 Å². The number of thioether (sulfide) groups is 1. The first-order chi connectivity index (χ1) is 11.1. The topological polar surface area (TPSA) is 89.3 Å². The van der Waals surface area contributed by atoms with Crippen molar-refractivity contribution in [1.29, 1.82) is 0 Å². The fourth-order valence-corrected chi connectivity index (χ4v) is 2.54. The van der Waals surface area contributed by atoms with Gasteiger partial charge in [0.2, 0.25) is 5.91 Å². The van der Waals surface area contributed by atoms with E-state index >= 15 is 0 Å². The average molecular weight is 330 g/mol. The average Bonchev–Trinajstić information content (AvgIpc) is 2.55. The normalized spacial score (nSPS) is 10.1. The van der Waals surface area contributed by atoms with E-state index in [-0.39, 0.29) is 34.4 Å². The lowest BCUT2D eigenvalue weighted by atomic mass is 10.1.